The van der Waals surface area contributed by atoms with Crippen LogP contribution in [0.25, 0.3) is 0 Å². The van der Waals surface area contributed by atoms with Gasteiger partial charge in [-0.3, -0.25) is 0 Å². The van der Waals surface area contributed by atoms with E-state index < -0.39 is 0 Å². The summed E-state index contributed by atoms with van der Waals surface area (Å²) in [5, 5.41) is 0. The molecule has 0 heterocycles. The molecule has 1 saturated carbocycles. The van der Waals surface area contributed by atoms with E-state index in [0.29, 0.717) is 0 Å². The SMILES string of the molecule is CC1=CCCCC(=CC2CCCCC2)CC1. The summed E-state index contributed by atoms with van der Waals surface area (Å²) in [5.41, 5.74) is 3.37. The lowest BCUT2D eigenvalue weighted by molar-refractivity contribution is 0.416. The van der Waals surface area contributed by atoms with Gasteiger partial charge in [-0.1, -0.05) is 42.6 Å². The van der Waals surface area contributed by atoms with Gasteiger partial charge in [0.15, 0.2) is 0 Å². The molecule has 0 saturated heterocycles. The minimum Gasteiger partial charge on any atom is -0.0856 e. The molecular weight excluding hydrogens is 192 g/mol. The Kier molecular flexibility index (Phi) is 4.69. The summed E-state index contributed by atoms with van der Waals surface area (Å²) in [6, 6.07) is 0. The molecule has 2 aliphatic rings. The van der Waals surface area contributed by atoms with Crippen LogP contribution in [0.15, 0.2) is 23.3 Å². The topological polar surface area (TPSA) is 0 Å². The Morgan fingerprint density at radius 1 is 1.00 bits per heavy atom. The lowest BCUT2D eigenvalue weighted by Crippen LogP contribution is -2.04. The lowest BCUT2D eigenvalue weighted by Gasteiger charge is -2.20. The zero-order valence-electron chi connectivity index (χ0n) is 10.8. The van der Waals surface area contributed by atoms with Crippen molar-refractivity contribution in [3.63, 3.8) is 0 Å². The molecule has 0 heteroatoms. The van der Waals surface area contributed by atoms with Gasteiger partial charge < -0.3 is 0 Å². The molecule has 2 rings (SSSR count). The van der Waals surface area contributed by atoms with E-state index in [9.17, 15) is 0 Å². The maximum Gasteiger partial charge on any atom is -0.0231 e. The minimum atomic E-state index is 0.924. The van der Waals surface area contributed by atoms with Crippen LogP contribution in [0.1, 0.15) is 71.1 Å². The van der Waals surface area contributed by atoms with Crippen LogP contribution < -0.4 is 0 Å². The standard InChI is InChI=1S/C16H26/c1-14-7-5-6-10-16(12-11-14)13-15-8-3-2-4-9-15/h7,13,15H,2-6,8-12H2,1H3. The Balaban J connectivity index is 1.91. The van der Waals surface area contributed by atoms with Crippen LogP contribution in [0.2, 0.25) is 0 Å². The Bertz CT molecular complexity index is 264. The van der Waals surface area contributed by atoms with Crippen molar-refractivity contribution in [1.82, 2.24) is 0 Å². The molecule has 16 heavy (non-hydrogen) atoms. The summed E-state index contributed by atoms with van der Waals surface area (Å²) in [6.07, 6.45) is 19.1. The van der Waals surface area contributed by atoms with Gasteiger partial charge in [0.25, 0.3) is 0 Å². The first kappa shape index (κ1) is 12.0. The third kappa shape index (κ3) is 3.81. The Hall–Kier alpha value is -0.520. The molecule has 0 nitrogen and oxygen atoms in total. The first-order chi connectivity index (χ1) is 7.84. The maximum absolute atomic E-state index is 2.65. The highest BCUT2D eigenvalue weighted by atomic mass is 14.2. The summed E-state index contributed by atoms with van der Waals surface area (Å²) in [6.45, 7) is 2.30. The van der Waals surface area contributed by atoms with Crippen LogP contribution in [0, 0.1) is 5.92 Å². The number of hydrogen-bond acceptors (Lipinski definition) is 0. The average Bonchev–Trinajstić information content (AvgIpc) is 2.30. The van der Waals surface area contributed by atoms with Crippen molar-refractivity contribution in [1.29, 1.82) is 0 Å². The monoisotopic (exact) mass is 218 g/mol. The highest BCUT2D eigenvalue weighted by molar-refractivity contribution is 5.11. The third-order valence-corrected chi connectivity index (χ3v) is 4.16. The number of allylic oxidation sites excluding steroid dienone is 4. The molecule has 0 aromatic carbocycles. The van der Waals surface area contributed by atoms with E-state index in [0.717, 1.165) is 5.92 Å². The fraction of sp³-hybridized carbons (Fsp3) is 0.750. The maximum atomic E-state index is 2.65. The van der Waals surface area contributed by atoms with Crippen LogP contribution in [-0.2, 0) is 0 Å². The van der Waals surface area contributed by atoms with Crippen molar-refractivity contribution in [3.05, 3.63) is 23.3 Å². The lowest BCUT2D eigenvalue weighted by atomic mass is 9.85. The summed E-state index contributed by atoms with van der Waals surface area (Å²) >= 11 is 0. The fourth-order valence-electron chi connectivity index (χ4n) is 3.06. The minimum absolute atomic E-state index is 0.924. The molecule has 0 aromatic heterocycles. The summed E-state index contributed by atoms with van der Waals surface area (Å²) in [4.78, 5) is 0. The summed E-state index contributed by atoms with van der Waals surface area (Å²) in [5.74, 6) is 0.924. The Morgan fingerprint density at radius 2 is 1.81 bits per heavy atom. The van der Waals surface area contributed by atoms with Crippen LogP contribution in [0.3, 0.4) is 0 Å². The van der Waals surface area contributed by atoms with Gasteiger partial charge >= 0.3 is 0 Å². The van der Waals surface area contributed by atoms with Crippen LogP contribution >= 0.6 is 0 Å². The predicted molar refractivity (Wildman–Crippen MR) is 71.5 cm³/mol. The highest BCUT2D eigenvalue weighted by Crippen LogP contribution is 2.29. The van der Waals surface area contributed by atoms with Gasteiger partial charge in [0.05, 0.1) is 0 Å². The van der Waals surface area contributed by atoms with E-state index in [1.807, 2.05) is 0 Å². The normalized spacial score (nSPS) is 27.3. The molecule has 2 aliphatic carbocycles. The van der Waals surface area contributed by atoms with Crippen molar-refractivity contribution in [2.24, 2.45) is 5.92 Å². The van der Waals surface area contributed by atoms with Gasteiger partial charge in [-0.05, 0) is 57.8 Å². The average molecular weight is 218 g/mol. The van der Waals surface area contributed by atoms with Crippen molar-refractivity contribution in [2.75, 3.05) is 0 Å². The Morgan fingerprint density at radius 3 is 2.62 bits per heavy atom. The van der Waals surface area contributed by atoms with Gasteiger partial charge in [-0.2, -0.15) is 0 Å². The highest BCUT2D eigenvalue weighted by Gasteiger charge is 2.12. The molecule has 90 valence electrons. The first-order valence-electron chi connectivity index (χ1n) is 7.20. The zero-order valence-corrected chi connectivity index (χ0v) is 10.8. The van der Waals surface area contributed by atoms with Crippen LogP contribution in [0.5, 0.6) is 0 Å². The van der Waals surface area contributed by atoms with Crippen molar-refractivity contribution in [2.45, 2.75) is 71.1 Å². The smallest absolute Gasteiger partial charge is 0.0231 e. The molecule has 0 unspecified atom stereocenters. The van der Waals surface area contributed by atoms with E-state index in [4.69, 9.17) is 0 Å². The van der Waals surface area contributed by atoms with Crippen molar-refractivity contribution >= 4 is 0 Å². The first-order valence-corrected chi connectivity index (χ1v) is 7.20. The van der Waals surface area contributed by atoms with Gasteiger partial charge in [0.2, 0.25) is 0 Å². The molecule has 0 aliphatic heterocycles. The summed E-state index contributed by atoms with van der Waals surface area (Å²) < 4.78 is 0. The Labute approximate surface area is 101 Å². The molecular formula is C16H26. The van der Waals surface area contributed by atoms with E-state index in [2.05, 4.69) is 19.1 Å². The molecule has 0 atom stereocenters. The second kappa shape index (κ2) is 6.27. The zero-order chi connectivity index (χ0) is 11.2. The number of rotatable bonds is 1. The fourth-order valence-corrected chi connectivity index (χ4v) is 3.06. The quantitative estimate of drug-likeness (QED) is 0.517. The molecule has 1 fully saturated rings. The van der Waals surface area contributed by atoms with E-state index in [1.165, 1.54) is 64.2 Å². The summed E-state index contributed by atoms with van der Waals surface area (Å²) in [7, 11) is 0. The van der Waals surface area contributed by atoms with Gasteiger partial charge in [0, 0.05) is 0 Å². The van der Waals surface area contributed by atoms with Crippen molar-refractivity contribution < 1.29 is 0 Å². The number of hydrogen-bond donors (Lipinski definition) is 0. The molecule has 0 bridgehead atoms. The largest absolute Gasteiger partial charge is 0.0856 e. The second-order valence-corrected chi connectivity index (χ2v) is 5.67. The van der Waals surface area contributed by atoms with Gasteiger partial charge in [-0.25, -0.2) is 0 Å². The van der Waals surface area contributed by atoms with Crippen LogP contribution in [0.4, 0.5) is 0 Å². The second-order valence-electron chi connectivity index (χ2n) is 5.67. The van der Waals surface area contributed by atoms with Gasteiger partial charge in [0.1, 0.15) is 0 Å². The molecule has 0 N–H and O–H groups in total. The molecule has 0 amide bonds. The molecule has 0 aromatic rings. The predicted octanol–water partition coefficient (Wildman–Crippen LogP) is 5.40. The van der Waals surface area contributed by atoms with E-state index in [1.54, 1.807) is 11.1 Å². The van der Waals surface area contributed by atoms with Crippen LogP contribution in [-0.4, -0.2) is 0 Å². The van der Waals surface area contributed by atoms with Gasteiger partial charge in [-0.15, -0.1) is 0 Å². The van der Waals surface area contributed by atoms with E-state index in [-0.39, 0.29) is 0 Å². The molecule has 0 radical (unpaired) electrons. The van der Waals surface area contributed by atoms with Crippen molar-refractivity contribution in [3.8, 4) is 0 Å². The molecule has 0 spiro atoms. The van der Waals surface area contributed by atoms with E-state index >= 15 is 0 Å². The third-order valence-electron chi connectivity index (χ3n) is 4.16.